The van der Waals surface area contributed by atoms with Gasteiger partial charge in [-0.2, -0.15) is 0 Å². The van der Waals surface area contributed by atoms with Crippen LogP contribution in [0.2, 0.25) is 0 Å². The summed E-state index contributed by atoms with van der Waals surface area (Å²) < 4.78 is 5.54. The molecule has 0 aromatic heterocycles. The molecule has 104 valence electrons. The Hall–Kier alpha value is -1.55. The molecular weight excluding hydrogens is 240 g/mol. The predicted molar refractivity (Wildman–Crippen MR) is 76.5 cm³/mol. The number of hydrogen-bond donors (Lipinski definition) is 2. The fourth-order valence-electron chi connectivity index (χ4n) is 2.38. The average molecular weight is 262 g/mol. The molecule has 1 aromatic rings. The Morgan fingerprint density at radius 2 is 2.32 bits per heavy atom. The number of hydrogen-bond acceptors (Lipinski definition) is 3. The molecule has 0 radical (unpaired) electrons. The molecule has 1 amide bonds. The lowest BCUT2D eigenvalue weighted by atomic mass is 10.0. The minimum atomic E-state index is -0.0218. The maximum Gasteiger partial charge on any atom is 0.251 e. The minimum absolute atomic E-state index is 0.0218. The van der Waals surface area contributed by atoms with E-state index in [1.165, 1.54) is 0 Å². The molecule has 4 heteroatoms. The SMILES string of the molecule is CCNC(=O)c1cccc(NC2CCOC(C)C2)c1. The van der Waals surface area contributed by atoms with Crippen LogP contribution in [0.25, 0.3) is 0 Å². The molecule has 1 heterocycles. The zero-order chi connectivity index (χ0) is 13.7. The average Bonchev–Trinajstić information content (AvgIpc) is 2.39. The smallest absolute Gasteiger partial charge is 0.251 e. The van der Waals surface area contributed by atoms with Gasteiger partial charge in [-0.25, -0.2) is 0 Å². The standard InChI is InChI=1S/C15H22N2O2/c1-3-16-15(18)12-5-4-6-13(10-12)17-14-7-8-19-11(2)9-14/h4-6,10-11,14,17H,3,7-9H2,1-2H3,(H,16,18). The maximum atomic E-state index is 11.8. The van der Waals surface area contributed by atoms with Gasteiger partial charge in [0.1, 0.15) is 0 Å². The van der Waals surface area contributed by atoms with E-state index >= 15 is 0 Å². The summed E-state index contributed by atoms with van der Waals surface area (Å²) >= 11 is 0. The molecule has 1 aromatic carbocycles. The summed E-state index contributed by atoms with van der Waals surface area (Å²) in [5.41, 5.74) is 1.70. The lowest BCUT2D eigenvalue weighted by molar-refractivity contribution is 0.0232. The second-order valence-electron chi connectivity index (χ2n) is 4.99. The molecule has 1 aliphatic rings. The fraction of sp³-hybridized carbons (Fsp3) is 0.533. The number of rotatable bonds is 4. The van der Waals surface area contributed by atoms with E-state index in [1.807, 2.05) is 31.2 Å². The van der Waals surface area contributed by atoms with Crippen molar-refractivity contribution in [1.29, 1.82) is 0 Å². The third kappa shape index (κ3) is 3.96. The van der Waals surface area contributed by atoms with Gasteiger partial charge in [-0.1, -0.05) is 6.07 Å². The molecule has 2 N–H and O–H groups in total. The van der Waals surface area contributed by atoms with Gasteiger partial charge in [-0.05, 0) is 44.9 Å². The number of carbonyl (C=O) groups is 1. The largest absolute Gasteiger partial charge is 0.382 e. The van der Waals surface area contributed by atoms with Crippen molar-refractivity contribution in [3.8, 4) is 0 Å². The van der Waals surface area contributed by atoms with Crippen LogP contribution in [0.5, 0.6) is 0 Å². The Morgan fingerprint density at radius 3 is 3.05 bits per heavy atom. The maximum absolute atomic E-state index is 11.8. The van der Waals surface area contributed by atoms with Crippen LogP contribution in [-0.4, -0.2) is 31.2 Å². The predicted octanol–water partition coefficient (Wildman–Crippen LogP) is 2.42. The van der Waals surface area contributed by atoms with Crippen LogP contribution in [-0.2, 0) is 4.74 Å². The number of carbonyl (C=O) groups excluding carboxylic acids is 1. The molecular formula is C15H22N2O2. The fourth-order valence-corrected chi connectivity index (χ4v) is 2.38. The van der Waals surface area contributed by atoms with Crippen molar-refractivity contribution in [3.05, 3.63) is 29.8 Å². The Balaban J connectivity index is 2.00. The first-order chi connectivity index (χ1) is 9.19. The molecule has 19 heavy (non-hydrogen) atoms. The van der Waals surface area contributed by atoms with Gasteiger partial charge in [0, 0.05) is 30.4 Å². The molecule has 0 saturated carbocycles. The normalized spacial score (nSPS) is 22.8. The van der Waals surface area contributed by atoms with E-state index in [0.29, 0.717) is 24.3 Å². The van der Waals surface area contributed by atoms with Crippen molar-refractivity contribution in [3.63, 3.8) is 0 Å². The first-order valence-corrected chi connectivity index (χ1v) is 6.95. The van der Waals surface area contributed by atoms with E-state index in [-0.39, 0.29) is 5.91 Å². The number of nitrogens with one attached hydrogen (secondary N) is 2. The number of amides is 1. The van der Waals surface area contributed by atoms with E-state index in [1.54, 1.807) is 0 Å². The molecule has 2 atom stereocenters. The van der Waals surface area contributed by atoms with Crippen LogP contribution < -0.4 is 10.6 Å². The highest BCUT2D eigenvalue weighted by Crippen LogP contribution is 2.19. The lowest BCUT2D eigenvalue weighted by Crippen LogP contribution is -2.32. The Labute approximate surface area is 114 Å². The number of anilines is 1. The van der Waals surface area contributed by atoms with Gasteiger partial charge in [0.15, 0.2) is 0 Å². The van der Waals surface area contributed by atoms with Gasteiger partial charge in [0.2, 0.25) is 0 Å². The number of ether oxygens (including phenoxy) is 1. The number of benzene rings is 1. The van der Waals surface area contributed by atoms with E-state index in [2.05, 4.69) is 17.6 Å². The lowest BCUT2D eigenvalue weighted by Gasteiger charge is -2.28. The van der Waals surface area contributed by atoms with Gasteiger partial charge >= 0.3 is 0 Å². The van der Waals surface area contributed by atoms with Crippen molar-refractivity contribution >= 4 is 11.6 Å². The van der Waals surface area contributed by atoms with Crippen molar-refractivity contribution in [2.75, 3.05) is 18.5 Å². The second kappa shape index (κ2) is 6.57. The van der Waals surface area contributed by atoms with Gasteiger partial charge in [-0.15, -0.1) is 0 Å². The summed E-state index contributed by atoms with van der Waals surface area (Å²) in [4.78, 5) is 11.8. The van der Waals surface area contributed by atoms with Gasteiger partial charge in [-0.3, -0.25) is 4.79 Å². The minimum Gasteiger partial charge on any atom is -0.382 e. The van der Waals surface area contributed by atoms with Crippen LogP contribution in [0.3, 0.4) is 0 Å². The Bertz CT molecular complexity index is 434. The van der Waals surface area contributed by atoms with Crippen LogP contribution in [0.1, 0.15) is 37.0 Å². The molecule has 1 aliphatic heterocycles. The molecule has 0 bridgehead atoms. The third-order valence-electron chi connectivity index (χ3n) is 3.32. The van der Waals surface area contributed by atoms with Crippen molar-refractivity contribution in [2.45, 2.75) is 38.8 Å². The van der Waals surface area contributed by atoms with Crippen LogP contribution in [0.4, 0.5) is 5.69 Å². The summed E-state index contributed by atoms with van der Waals surface area (Å²) in [6, 6.07) is 8.08. The highest BCUT2D eigenvalue weighted by molar-refractivity contribution is 5.95. The summed E-state index contributed by atoms with van der Waals surface area (Å²) in [6.45, 7) is 5.46. The van der Waals surface area contributed by atoms with Crippen LogP contribution >= 0.6 is 0 Å². The van der Waals surface area contributed by atoms with E-state index in [9.17, 15) is 4.79 Å². The molecule has 2 rings (SSSR count). The summed E-state index contributed by atoms with van der Waals surface area (Å²) in [6.07, 6.45) is 2.32. The van der Waals surface area contributed by atoms with E-state index in [4.69, 9.17) is 4.74 Å². The van der Waals surface area contributed by atoms with Crippen molar-refractivity contribution < 1.29 is 9.53 Å². The van der Waals surface area contributed by atoms with Gasteiger partial charge < -0.3 is 15.4 Å². The van der Waals surface area contributed by atoms with E-state index in [0.717, 1.165) is 25.1 Å². The third-order valence-corrected chi connectivity index (χ3v) is 3.32. The summed E-state index contributed by atoms with van der Waals surface area (Å²) in [5.74, 6) is -0.0218. The molecule has 0 aliphatic carbocycles. The molecule has 4 nitrogen and oxygen atoms in total. The first-order valence-electron chi connectivity index (χ1n) is 6.95. The quantitative estimate of drug-likeness (QED) is 0.876. The topological polar surface area (TPSA) is 50.4 Å². The van der Waals surface area contributed by atoms with Crippen LogP contribution in [0.15, 0.2) is 24.3 Å². The second-order valence-corrected chi connectivity index (χ2v) is 4.99. The monoisotopic (exact) mass is 262 g/mol. The molecule has 1 saturated heterocycles. The highest BCUT2D eigenvalue weighted by atomic mass is 16.5. The zero-order valence-electron chi connectivity index (χ0n) is 11.6. The van der Waals surface area contributed by atoms with Crippen molar-refractivity contribution in [2.24, 2.45) is 0 Å². The molecule has 1 fully saturated rings. The first kappa shape index (κ1) is 13.9. The van der Waals surface area contributed by atoms with Crippen molar-refractivity contribution in [1.82, 2.24) is 5.32 Å². The highest BCUT2D eigenvalue weighted by Gasteiger charge is 2.19. The summed E-state index contributed by atoms with van der Waals surface area (Å²) in [5, 5.41) is 6.30. The Kier molecular flexibility index (Phi) is 4.80. The van der Waals surface area contributed by atoms with Crippen LogP contribution in [0, 0.1) is 0 Å². The van der Waals surface area contributed by atoms with Gasteiger partial charge in [0.25, 0.3) is 5.91 Å². The van der Waals surface area contributed by atoms with E-state index < -0.39 is 0 Å². The molecule has 0 spiro atoms. The molecule has 2 unspecified atom stereocenters. The Morgan fingerprint density at radius 1 is 1.47 bits per heavy atom. The zero-order valence-corrected chi connectivity index (χ0v) is 11.6. The summed E-state index contributed by atoms with van der Waals surface area (Å²) in [7, 11) is 0. The van der Waals surface area contributed by atoms with Gasteiger partial charge in [0.05, 0.1) is 6.10 Å².